The van der Waals surface area contributed by atoms with Crippen LogP contribution < -0.4 is 5.32 Å². The molecule has 9 heteroatoms. The molecule has 31 heavy (non-hydrogen) atoms. The van der Waals surface area contributed by atoms with E-state index in [2.05, 4.69) is 25.3 Å². The number of hydrogen-bond donors (Lipinski definition) is 1. The number of rotatable bonds is 5. The number of aromatic nitrogens is 3. The van der Waals surface area contributed by atoms with Crippen LogP contribution in [0.2, 0.25) is 5.02 Å². The summed E-state index contributed by atoms with van der Waals surface area (Å²) in [5.41, 5.74) is 1.15. The van der Waals surface area contributed by atoms with E-state index in [1.54, 1.807) is 31.2 Å². The fourth-order valence-corrected chi connectivity index (χ4v) is 3.75. The molecule has 4 rings (SSSR count). The molecule has 3 aromatic rings. The smallest absolute Gasteiger partial charge is 0.244 e. The van der Waals surface area contributed by atoms with Gasteiger partial charge >= 0.3 is 0 Å². The van der Waals surface area contributed by atoms with Crippen LogP contribution in [-0.4, -0.2) is 39.0 Å². The maximum atomic E-state index is 13.8. The molecular weight excluding hydrogens is 421 g/mol. The number of pyridine rings is 1. The molecule has 2 aromatic heterocycles. The second-order valence-corrected chi connectivity index (χ2v) is 8.19. The molecule has 0 aliphatic carbocycles. The van der Waals surface area contributed by atoms with Crippen LogP contribution in [0.15, 0.2) is 41.1 Å². The largest absolute Gasteiger partial charge is 0.337 e. The summed E-state index contributed by atoms with van der Waals surface area (Å²) in [6, 6.07) is 8.16. The fraction of sp³-hybridized carbons (Fsp3) is 0.364. The third-order valence-electron chi connectivity index (χ3n) is 5.66. The number of likely N-dealkylation sites (tertiary alicyclic amines) is 1. The maximum Gasteiger partial charge on any atom is 0.244 e. The summed E-state index contributed by atoms with van der Waals surface area (Å²) in [6.07, 6.45) is 2.94. The van der Waals surface area contributed by atoms with Crippen molar-refractivity contribution in [2.45, 2.75) is 32.7 Å². The molecule has 0 saturated carbocycles. The van der Waals surface area contributed by atoms with Gasteiger partial charge in [0.05, 0.1) is 11.1 Å². The average molecular weight is 444 g/mol. The van der Waals surface area contributed by atoms with Crippen molar-refractivity contribution in [1.29, 1.82) is 0 Å². The van der Waals surface area contributed by atoms with Crippen LogP contribution in [-0.2, 0) is 4.79 Å². The van der Waals surface area contributed by atoms with Gasteiger partial charge in [0.25, 0.3) is 0 Å². The number of nitrogens with zero attached hydrogens (tertiary/aromatic N) is 4. The molecule has 1 saturated heterocycles. The highest BCUT2D eigenvalue weighted by Crippen LogP contribution is 2.28. The van der Waals surface area contributed by atoms with E-state index in [9.17, 15) is 9.18 Å². The number of benzene rings is 1. The van der Waals surface area contributed by atoms with Gasteiger partial charge in [-0.25, -0.2) is 9.37 Å². The standard InChI is InChI=1S/C22H23ClFN5O2/c1-13-3-4-16(11-18(13)24)20-27-22(31-28-20)14(2)29-9-7-15(8-10-29)21(30)26-19-6-5-17(23)12-25-19/h3-6,11-12,14-15H,7-10H2,1-2H3,(H,25,26,30). The SMILES string of the molecule is Cc1ccc(-c2noc(C(C)N3CCC(C(=O)Nc4ccc(Cl)cn4)CC3)n2)cc1F. The molecule has 0 bridgehead atoms. The topological polar surface area (TPSA) is 84.2 Å². The minimum Gasteiger partial charge on any atom is -0.337 e. The van der Waals surface area contributed by atoms with Crippen LogP contribution in [0, 0.1) is 18.7 Å². The minimum atomic E-state index is -0.300. The molecule has 1 fully saturated rings. The van der Waals surface area contributed by atoms with Gasteiger partial charge in [-0.1, -0.05) is 28.9 Å². The third-order valence-corrected chi connectivity index (χ3v) is 5.88. The number of carbonyl (C=O) groups excluding carboxylic acids is 1. The Balaban J connectivity index is 1.34. The first-order valence-corrected chi connectivity index (χ1v) is 10.5. The third kappa shape index (κ3) is 4.91. The Hall–Kier alpha value is -2.84. The van der Waals surface area contributed by atoms with Gasteiger partial charge in [0.15, 0.2) is 0 Å². The molecule has 0 spiro atoms. The second-order valence-electron chi connectivity index (χ2n) is 7.76. The molecule has 0 radical (unpaired) electrons. The van der Waals surface area contributed by atoms with Gasteiger partial charge in [0.2, 0.25) is 17.6 Å². The predicted molar refractivity (Wildman–Crippen MR) is 115 cm³/mol. The Bertz CT molecular complexity index is 1060. The molecule has 1 aliphatic rings. The molecule has 1 aliphatic heterocycles. The molecule has 162 valence electrons. The lowest BCUT2D eigenvalue weighted by Crippen LogP contribution is -2.39. The number of piperidine rings is 1. The van der Waals surface area contributed by atoms with Crippen molar-refractivity contribution in [3.05, 3.63) is 58.8 Å². The second kappa shape index (κ2) is 9.11. The van der Waals surface area contributed by atoms with E-state index >= 15 is 0 Å². The summed E-state index contributed by atoms with van der Waals surface area (Å²) in [7, 11) is 0. The number of aryl methyl sites for hydroxylation is 1. The Morgan fingerprint density at radius 2 is 2.06 bits per heavy atom. The number of hydrogen-bond acceptors (Lipinski definition) is 6. The zero-order valence-corrected chi connectivity index (χ0v) is 18.1. The summed E-state index contributed by atoms with van der Waals surface area (Å²) in [5, 5.41) is 7.38. The van der Waals surface area contributed by atoms with E-state index in [0.717, 1.165) is 13.1 Å². The maximum absolute atomic E-state index is 13.8. The molecular formula is C22H23ClFN5O2. The van der Waals surface area contributed by atoms with Crippen LogP contribution in [0.4, 0.5) is 10.2 Å². The lowest BCUT2D eigenvalue weighted by Gasteiger charge is -2.33. The summed E-state index contributed by atoms with van der Waals surface area (Å²) in [5.74, 6) is 0.912. The van der Waals surface area contributed by atoms with Crippen LogP contribution in [0.25, 0.3) is 11.4 Å². The molecule has 7 nitrogen and oxygen atoms in total. The Morgan fingerprint density at radius 3 is 2.74 bits per heavy atom. The lowest BCUT2D eigenvalue weighted by molar-refractivity contribution is -0.121. The van der Waals surface area contributed by atoms with Gasteiger partial charge in [0.1, 0.15) is 11.6 Å². The number of halogens is 2. The average Bonchev–Trinajstić information content (AvgIpc) is 3.27. The van der Waals surface area contributed by atoms with Crippen molar-refractivity contribution in [3.8, 4) is 11.4 Å². The molecule has 1 N–H and O–H groups in total. The van der Waals surface area contributed by atoms with Gasteiger partial charge < -0.3 is 9.84 Å². The lowest BCUT2D eigenvalue weighted by atomic mass is 9.95. The van der Waals surface area contributed by atoms with Crippen molar-refractivity contribution < 1.29 is 13.7 Å². The molecule has 1 aromatic carbocycles. The van der Waals surface area contributed by atoms with Crippen molar-refractivity contribution in [2.75, 3.05) is 18.4 Å². The quantitative estimate of drug-likeness (QED) is 0.618. The Kier molecular flexibility index (Phi) is 6.29. The van der Waals surface area contributed by atoms with E-state index in [4.69, 9.17) is 16.1 Å². The summed E-state index contributed by atoms with van der Waals surface area (Å²) >= 11 is 5.83. The van der Waals surface area contributed by atoms with E-state index in [1.165, 1.54) is 12.3 Å². The molecule has 1 atom stereocenters. The molecule has 1 unspecified atom stereocenters. The fourth-order valence-electron chi connectivity index (χ4n) is 3.64. The van der Waals surface area contributed by atoms with E-state index in [0.29, 0.717) is 46.5 Å². The highest BCUT2D eigenvalue weighted by molar-refractivity contribution is 6.30. The van der Waals surface area contributed by atoms with Gasteiger partial charge in [-0.15, -0.1) is 0 Å². The highest BCUT2D eigenvalue weighted by Gasteiger charge is 2.30. The van der Waals surface area contributed by atoms with Crippen molar-refractivity contribution >= 4 is 23.3 Å². The predicted octanol–water partition coefficient (Wildman–Crippen LogP) is 4.64. The first-order chi connectivity index (χ1) is 14.9. The van der Waals surface area contributed by atoms with Crippen LogP contribution >= 0.6 is 11.6 Å². The molecule has 3 heterocycles. The number of anilines is 1. The van der Waals surface area contributed by atoms with Gasteiger partial charge in [-0.2, -0.15) is 4.98 Å². The van der Waals surface area contributed by atoms with Crippen LogP contribution in [0.3, 0.4) is 0 Å². The van der Waals surface area contributed by atoms with E-state index < -0.39 is 0 Å². The first-order valence-electron chi connectivity index (χ1n) is 10.2. The minimum absolute atomic E-state index is 0.0383. The normalized spacial score (nSPS) is 16.3. The van der Waals surface area contributed by atoms with Crippen molar-refractivity contribution in [3.63, 3.8) is 0 Å². The molecule has 1 amide bonds. The van der Waals surface area contributed by atoms with Crippen LogP contribution in [0.1, 0.15) is 37.3 Å². The monoisotopic (exact) mass is 443 g/mol. The zero-order valence-electron chi connectivity index (χ0n) is 17.3. The highest BCUT2D eigenvalue weighted by atomic mass is 35.5. The summed E-state index contributed by atoms with van der Waals surface area (Å²) in [4.78, 5) is 23.3. The van der Waals surface area contributed by atoms with Gasteiger partial charge in [-0.3, -0.25) is 9.69 Å². The number of carbonyl (C=O) groups is 1. The van der Waals surface area contributed by atoms with Gasteiger partial charge in [0, 0.05) is 17.7 Å². The van der Waals surface area contributed by atoms with E-state index in [-0.39, 0.29) is 23.7 Å². The zero-order chi connectivity index (χ0) is 22.0. The van der Waals surface area contributed by atoms with Gasteiger partial charge in [-0.05, 0) is 63.5 Å². The number of amides is 1. The Morgan fingerprint density at radius 1 is 1.29 bits per heavy atom. The summed E-state index contributed by atoms with van der Waals surface area (Å²) < 4.78 is 19.3. The first kappa shape index (κ1) is 21.4. The Labute approximate surface area is 184 Å². The summed E-state index contributed by atoms with van der Waals surface area (Å²) in [6.45, 7) is 5.15. The van der Waals surface area contributed by atoms with Crippen molar-refractivity contribution in [1.82, 2.24) is 20.0 Å². The van der Waals surface area contributed by atoms with Crippen LogP contribution in [0.5, 0.6) is 0 Å². The van der Waals surface area contributed by atoms with Crippen molar-refractivity contribution in [2.24, 2.45) is 5.92 Å². The van der Waals surface area contributed by atoms with E-state index in [1.807, 2.05) is 6.92 Å². The number of nitrogens with one attached hydrogen (secondary N) is 1.